The summed E-state index contributed by atoms with van der Waals surface area (Å²) < 4.78 is 0. The highest BCUT2D eigenvalue weighted by Gasteiger charge is 2.18. The average molecular weight is 402 g/mol. The number of carbonyl (C=O) groups excluding carboxylic acids is 2. The Bertz CT molecular complexity index is 773. The molecule has 3 rings (SSSR count). The normalized spacial score (nSPS) is 14.7. The van der Waals surface area contributed by atoms with E-state index in [-0.39, 0.29) is 11.8 Å². The van der Waals surface area contributed by atoms with Crippen LogP contribution in [0.15, 0.2) is 35.2 Å². The number of hydrogen-bond donors (Lipinski definition) is 2. The summed E-state index contributed by atoms with van der Waals surface area (Å²) in [5.74, 6) is 0.853. The minimum absolute atomic E-state index is 0.0158. The predicted octanol–water partition coefficient (Wildman–Crippen LogP) is 1.72. The zero-order valence-corrected chi connectivity index (χ0v) is 17.0. The minimum atomic E-state index is -0.0890. The highest BCUT2D eigenvalue weighted by Crippen LogP contribution is 2.18. The van der Waals surface area contributed by atoms with E-state index < -0.39 is 0 Å². The number of nitrogens with one attached hydrogen (secondary N) is 2. The Kier molecular flexibility index (Phi) is 7.39. The first kappa shape index (κ1) is 20.3. The van der Waals surface area contributed by atoms with Crippen molar-refractivity contribution in [3.05, 3.63) is 46.3 Å². The highest BCUT2D eigenvalue weighted by atomic mass is 32.1. The number of hydrogen-bond acceptors (Lipinski definition) is 6. The SMILES string of the molecule is CN1CCN(c2ncccc2CNC(=O)CCCNC(=O)c2ccsc2)CC1. The number of piperazine rings is 1. The highest BCUT2D eigenvalue weighted by molar-refractivity contribution is 7.08. The molecule has 150 valence electrons. The second-order valence-electron chi connectivity index (χ2n) is 6.92. The van der Waals surface area contributed by atoms with Crippen molar-refractivity contribution in [1.82, 2.24) is 20.5 Å². The minimum Gasteiger partial charge on any atom is -0.354 e. The number of likely N-dealkylation sites (N-methyl/N-ethyl adjacent to an activating group) is 1. The Balaban J connectivity index is 1.40. The summed E-state index contributed by atoms with van der Waals surface area (Å²) in [4.78, 5) is 33.1. The van der Waals surface area contributed by atoms with E-state index in [1.165, 1.54) is 11.3 Å². The van der Waals surface area contributed by atoms with E-state index in [1.807, 2.05) is 22.9 Å². The van der Waals surface area contributed by atoms with E-state index in [0.29, 0.717) is 31.5 Å². The van der Waals surface area contributed by atoms with Crippen LogP contribution in [0.4, 0.5) is 5.82 Å². The lowest BCUT2D eigenvalue weighted by molar-refractivity contribution is -0.121. The zero-order valence-electron chi connectivity index (χ0n) is 16.2. The van der Waals surface area contributed by atoms with E-state index in [9.17, 15) is 9.59 Å². The van der Waals surface area contributed by atoms with Crippen molar-refractivity contribution in [2.45, 2.75) is 19.4 Å². The van der Waals surface area contributed by atoms with Crippen LogP contribution in [-0.4, -0.2) is 61.5 Å². The van der Waals surface area contributed by atoms with Gasteiger partial charge in [-0.25, -0.2) is 4.98 Å². The van der Waals surface area contributed by atoms with Crippen molar-refractivity contribution < 1.29 is 9.59 Å². The molecule has 3 heterocycles. The Morgan fingerprint density at radius 1 is 1.18 bits per heavy atom. The van der Waals surface area contributed by atoms with Gasteiger partial charge in [-0.2, -0.15) is 11.3 Å². The third-order valence-corrected chi connectivity index (χ3v) is 5.48. The monoisotopic (exact) mass is 401 g/mol. The average Bonchev–Trinajstić information content (AvgIpc) is 3.25. The number of pyridine rings is 1. The number of thiophene rings is 1. The molecule has 8 heteroatoms. The summed E-state index contributed by atoms with van der Waals surface area (Å²) in [5, 5.41) is 9.50. The summed E-state index contributed by atoms with van der Waals surface area (Å²) in [6, 6.07) is 5.71. The van der Waals surface area contributed by atoms with Crippen LogP contribution >= 0.6 is 11.3 Å². The van der Waals surface area contributed by atoms with Gasteiger partial charge in [-0.1, -0.05) is 6.07 Å². The first-order valence-corrected chi connectivity index (χ1v) is 10.5. The van der Waals surface area contributed by atoms with Gasteiger partial charge in [0.15, 0.2) is 0 Å². The molecule has 0 saturated carbocycles. The fourth-order valence-electron chi connectivity index (χ4n) is 3.10. The molecule has 7 nitrogen and oxygen atoms in total. The van der Waals surface area contributed by atoms with Crippen LogP contribution in [0, 0.1) is 0 Å². The molecule has 0 aromatic carbocycles. The fourth-order valence-corrected chi connectivity index (χ4v) is 3.74. The Labute approximate surface area is 169 Å². The maximum Gasteiger partial charge on any atom is 0.252 e. The van der Waals surface area contributed by atoms with E-state index in [4.69, 9.17) is 0 Å². The number of nitrogens with zero attached hydrogens (tertiary/aromatic N) is 3. The van der Waals surface area contributed by atoms with Crippen LogP contribution in [0.2, 0.25) is 0 Å². The van der Waals surface area contributed by atoms with Crippen molar-refractivity contribution in [3.63, 3.8) is 0 Å². The van der Waals surface area contributed by atoms with Crippen molar-refractivity contribution in [2.24, 2.45) is 0 Å². The molecule has 0 aliphatic carbocycles. The third-order valence-electron chi connectivity index (χ3n) is 4.80. The Hall–Kier alpha value is -2.45. The van der Waals surface area contributed by atoms with E-state index in [1.54, 1.807) is 12.3 Å². The number of rotatable bonds is 8. The fraction of sp³-hybridized carbons (Fsp3) is 0.450. The molecule has 2 amide bonds. The Morgan fingerprint density at radius 3 is 2.75 bits per heavy atom. The molecule has 2 aromatic rings. The molecule has 1 aliphatic rings. The van der Waals surface area contributed by atoms with Gasteiger partial charge in [-0.15, -0.1) is 0 Å². The lowest BCUT2D eigenvalue weighted by atomic mass is 10.2. The molecule has 1 aliphatic heterocycles. The van der Waals surface area contributed by atoms with E-state index >= 15 is 0 Å². The van der Waals surface area contributed by atoms with Gasteiger partial charge in [0.2, 0.25) is 5.91 Å². The first-order chi connectivity index (χ1) is 13.6. The van der Waals surface area contributed by atoms with E-state index in [0.717, 1.165) is 37.6 Å². The van der Waals surface area contributed by atoms with Crippen molar-refractivity contribution in [3.8, 4) is 0 Å². The first-order valence-electron chi connectivity index (χ1n) is 9.58. The molecule has 0 spiro atoms. The van der Waals surface area contributed by atoms with Gasteiger partial charge >= 0.3 is 0 Å². The maximum atomic E-state index is 12.2. The molecule has 28 heavy (non-hydrogen) atoms. The van der Waals surface area contributed by atoms with Crippen LogP contribution in [0.1, 0.15) is 28.8 Å². The molecule has 2 aromatic heterocycles. The molecular weight excluding hydrogens is 374 g/mol. The second-order valence-corrected chi connectivity index (χ2v) is 7.70. The predicted molar refractivity (Wildman–Crippen MR) is 112 cm³/mol. The van der Waals surface area contributed by atoms with Gasteiger partial charge in [0, 0.05) is 68.4 Å². The lowest BCUT2D eigenvalue weighted by Crippen LogP contribution is -2.45. The summed E-state index contributed by atoms with van der Waals surface area (Å²) in [6.07, 6.45) is 2.79. The van der Waals surface area contributed by atoms with Crippen LogP contribution in [0.5, 0.6) is 0 Å². The molecule has 0 unspecified atom stereocenters. The Morgan fingerprint density at radius 2 is 2.00 bits per heavy atom. The molecule has 1 fully saturated rings. The smallest absolute Gasteiger partial charge is 0.252 e. The maximum absolute atomic E-state index is 12.2. The van der Waals surface area contributed by atoms with Crippen LogP contribution in [-0.2, 0) is 11.3 Å². The van der Waals surface area contributed by atoms with Gasteiger partial charge in [-0.05, 0) is 31.0 Å². The number of amides is 2. The van der Waals surface area contributed by atoms with Gasteiger partial charge < -0.3 is 20.4 Å². The van der Waals surface area contributed by atoms with E-state index in [2.05, 4.69) is 32.5 Å². The quantitative estimate of drug-likeness (QED) is 0.659. The number of aromatic nitrogens is 1. The summed E-state index contributed by atoms with van der Waals surface area (Å²) in [5.41, 5.74) is 1.70. The van der Waals surface area contributed by atoms with Crippen LogP contribution < -0.4 is 15.5 Å². The second kappa shape index (κ2) is 10.2. The van der Waals surface area contributed by atoms with Gasteiger partial charge in [0.05, 0.1) is 0 Å². The topological polar surface area (TPSA) is 77.6 Å². The largest absolute Gasteiger partial charge is 0.354 e. The standard InChI is InChI=1S/C20H27N5O2S/c1-24-9-11-25(12-10-24)19-16(4-2-7-21-19)14-23-18(26)5-3-8-22-20(27)17-6-13-28-15-17/h2,4,6-7,13,15H,3,5,8-12,14H2,1H3,(H,22,27)(H,23,26). The number of anilines is 1. The molecular formula is C20H27N5O2S. The summed E-state index contributed by atoms with van der Waals surface area (Å²) in [7, 11) is 2.12. The molecule has 0 bridgehead atoms. The zero-order chi connectivity index (χ0) is 19.8. The van der Waals surface area contributed by atoms with Gasteiger partial charge in [-0.3, -0.25) is 9.59 Å². The molecule has 1 saturated heterocycles. The third kappa shape index (κ3) is 5.77. The number of carbonyl (C=O) groups is 2. The molecule has 0 radical (unpaired) electrons. The van der Waals surface area contributed by atoms with Gasteiger partial charge in [0.25, 0.3) is 5.91 Å². The van der Waals surface area contributed by atoms with Gasteiger partial charge in [0.1, 0.15) is 5.82 Å². The summed E-state index contributed by atoms with van der Waals surface area (Å²) >= 11 is 1.49. The lowest BCUT2D eigenvalue weighted by Gasteiger charge is -2.34. The van der Waals surface area contributed by atoms with Crippen molar-refractivity contribution in [1.29, 1.82) is 0 Å². The van der Waals surface area contributed by atoms with Crippen molar-refractivity contribution >= 4 is 29.0 Å². The molecule has 2 N–H and O–H groups in total. The van der Waals surface area contributed by atoms with Crippen molar-refractivity contribution in [2.75, 3.05) is 44.7 Å². The summed E-state index contributed by atoms with van der Waals surface area (Å²) in [6.45, 7) is 4.87. The molecule has 0 atom stereocenters. The van der Waals surface area contributed by atoms with Crippen LogP contribution in [0.3, 0.4) is 0 Å². The van der Waals surface area contributed by atoms with Crippen LogP contribution in [0.25, 0.3) is 0 Å².